The second kappa shape index (κ2) is 16.5. The summed E-state index contributed by atoms with van der Waals surface area (Å²) in [5, 5.41) is 0. The molecule has 0 unspecified atom stereocenters. The number of nitrogens with two attached hydrogens (primary N) is 1. The normalized spacial score (nSPS) is 10.7. The highest BCUT2D eigenvalue weighted by Gasteiger charge is 1.96. The summed E-state index contributed by atoms with van der Waals surface area (Å²) in [6, 6.07) is 0. The van der Waals surface area contributed by atoms with Gasteiger partial charge >= 0.3 is 0 Å². The van der Waals surface area contributed by atoms with Crippen LogP contribution in [-0.2, 0) is 9.47 Å². The van der Waals surface area contributed by atoms with E-state index in [1.807, 2.05) is 0 Å². The second-order valence-electron chi connectivity index (χ2n) is 5.41. The predicted octanol–water partition coefficient (Wildman–Crippen LogP) is 4.41. The first-order valence-corrected chi connectivity index (χ1v) is 8.39. The van der Waals surface area contributed by atoms with Crippen LogP contribution in [0.25, 0.3) is 0 Å². The highest BCUT2D eigenvalue weighted by atomic mass is 16.5. The Morgan fingerprint density at radius 2 is 1.40 bits per heavy atom. The SMILES string of the molecule is C=C(COCCN)OCCCCCCCCCCCC. The van der Waals surface area contributed by atoms with Crippen molar-refractivity contribution < 1.29 is 9.47 Å². The van der Waals surface area contributed by atoms with Gasteiger partial charge in [0.05, 0.1) is 13.2 Å². The van der Waals surface area contributed by atoms with E-state index < -0.39 is 0 Å². The molecule has 0 aliphatic carbocycles. The van der Waals surface area contributed by atoms with Gasteiger partial charge in [-0.25, -0.2) is 0 Å². The first-order valence-electron chi connectivity index (χ1n) is 8.39. The maximum Gasteiger partial charge on any atom is 0.114 e. The molecule has 0 radical (unpaired) electrons. The van der Waals surface area contributed by atoms with E-state index in [2.05, 4.69) is 13.5 Å². The van der Waals surface area contributed by atoms with Gasteiger partial charge in [0.15, 0.2) is 0 Å². The van der Waals surface area contributed by atoms with Crippen LogP contribution in [0.4, 0.5) is 0 Å². The summed E-state index contributed by atoms with van der Waals surface area (Å²) >= 11 is 0. The Hall–Kier alpha value is -0.540. The average molecular weight is 285 g/mol. The third-order valence-corrected chi connectivity index (χ3v) is 3.33. The van der Waals surface area contributed by atoms with Crippen LogP contribution in [0.3, 0.4) is 0 Å². The van der Waals surface area contributed by atoms with E-state index in [0.29, 0.717) is 19.8 Å². The van der Waals surface area contributed by atoms with Crippen LogP contribution in [0, 0.1) is 0 Å². The molecule has 0 aromatic heterocycles. The van der Waals surface area contributed by atoms with Gasteiger partial charge in [0.25, 0.3) is 0 Å². The van der Waals surface area contributed by atoms with E-state index in [1.54, 1.807) is 0 Å². The lowest BCUT2D eigenvalue weighted by Crippen LogP contribution is -2.11. The molecule has 120 valence electrons. The molecule has 0 aliphatic heterocycles. The Morgan fingerprint density at radius 1 is 0.850 bits per heavy atom. The zero-order chi connectivity index (χ0) is 14.9. The van der Waals surface area contributed by atoms with Crippen LogP contribution in [0.2, 0.25) is 0 Å². The van der Waals surface area contributed by atoms with Gasteiger partial charge in [0.1, 0.15) is 12.4 Å². The molecule has 0 atom stereocenters. The van der Waals surface area contributed by atoms with Crippen LogP contribution >= 0.6 is 0 Å². The molecular formula is C17H35NO2. The number of unbranched alkanes of at least 4 members (excludes halogenated alkanes) is 9. The van der Waals surface area contributed by atoms with Gasteiger partial charge in [-0.3, -0.25) is 0 Å². The summed E-state index contributed by atoms with van der Waals surface area (Å²) in [5.41, 5.74) is 5.33. The van der Waals surface area contributed by atoms with Crippen molar-refractivity contribution in [3.05, 3.63) is 12.3 Å². The average Bonchev–Trinajstić information content (AvgIpc) is 2.45. The standard InChI is InChI=1S/C17H35NO2/c1-3-4-5-6-7-8-9-10-11-12-14-20-17(2)16-19-15-13-18/h2-16,18H2,1H3. The van der Waals surface area contributed by atoms with Crippen molar-refractivity contribution >= 4 is 0 Å². The minimum Gasteiger partial charge on any atom is -0.496 e. The van der Waals surface area contributed by atoms with E-state index in [0.717, 1.165) is 18.8 Å². The fraction of sp³-hybridized carbons (Fsp3) is 0.882. The van der Waals surface area contributed by atoms with Crippen molar-refractivity contribution in [1.29, 1.82) is 0 Å². The maximum atomic E-state index is 5.50. The van der Waals surface area contributed by atoms with E-state index in [4.69, 9.17) is 15.2 Å². The van der Waals surface area contributed by atoms with Crippen LogP contribution in [0.1, 0.15) is 71.1 Å². The van der Waals surface area contributed by atoms with Gasteiger partial charge < -0.3 is 15.2 Å². The molecule has 2 N–H and O–H groups in total. The van der Waals surface area contributed by atoms with Crippen LogP contribution < -0.4 is 5.73 Å². The van der Waals surface area contributed by atoms with Gasteiger partial charge in [-0.15, -0.1) is 0 Å². The van der Waals surface area contributed by atoms with Crippen LogP contribution in [0.15, 0.2) is 12.3 Å². The van der Waals surface area contributed by atoms with Crippen LogP contribution in [-0.4, -0.2) is 26.4 Å². The van der Waals surface area contributed by atoms with E-state index >= 15 is 0 Å². The summed E-state index contributed by atoms with van der Waals surface area (Å²) in [4.78, 5) is 0. The molecule has 3 heteroatoms. The molecule has 0 aromatic rings. The van der Waals surface area contributed by atoms with Crippen molar-refractivity contribution in [3.63, 3.8) is 0 Å². The second-order valence-corrected chi connectivity index (χ2v) is 5.41. The quantitative estimate of drug-likeness (QED) is 0.337. The van der Waals surface area contributed by atoms with Gasteiger partial charge in [0, 0.05) is 6.54 Å². The largest absolute Gasteiger partial charge is 0.496 e. The van der Waals surface area contributed by atoms with Crippen molar-refractivity contribution in [2.24, 2.45) is 5.73 Å². The van der Waals surface area contributed by atoms with Crippen molar-refractivity contribution in [2.75, 3.05) is 26.4 Å². The molecule has 0 bridgehead atoms. The zero-order valence-corrected chi connectivity index (χ0v) is 13.5. The lowest BCUT2D eigenvalue weighted by atomic mass is 10.1. The topological polar surface area (TPSA) is 44.5 Å². The van der Waals surface area contributed by atoms with E-state index in [-0.39, 0.29) is 0 Å². The zero-order valence-electron chi connectivity index (χ0n) is 13.5. The Balaban J connectivity index is 3.07. The molecule has 0 spiro atoms. The molecular weight excluding hydrogens is 250 g/mol. The molecule has 0 aromatic carbocycles. The number of hydrogen-bond donors (Lipinski definition) is 1. The third kappa shape index (κ3) is 15.5. The Bertz CT molecular complexity index is 207. The Morgan fingerprint density at radius 3 is 1.95 bits per heavy atom. The number of hydrogen-bond acceptors (Lipinski definition) is 3. The minimum absolute atomic E-state index is 0.467. The van der Waals surface area contributed by atoms with Crippen molar-refractivity contribution in [3.8, 4) is 0 Å². The van der Waals surface area contributed by atoms with Gasteiger partial charge in [-0.1, -0.05) is 71.3 Å². The fourth-order valence-corrected chi connectivity index (χ4v) is 2.12. The summed E-state index contributed by atoms with van der Waals surface area (Å²) in [6.45, 7) is 8.44. The van der Waals surface area contributed by atoms with E-state index in [1.165, 1.54) is 57.8 Å². The molecule has 0 rings (SSSR count). The fourth-order valence-electron chi connectivity index (χ4n) is 2.12. The molecule has 0 fully saturated rings. The third-order valence-electron chi connectivity index (χ3n) is 3.33. The molecule has 0 amide bonds. The van der Waals surface area contributed by atoms with Crippen LogP contribution in [0.5, 0.6) is 0 Å². The molecule has 3 nitrogen and oxygen atoms in total. The maximum absolute atomic E-state index is 5.50. The molecule has 20 heavy (non-hydrogen) atoms. The van der Waals surface area contributed by atoms with Crippen molar-refractivity contribution in [2.45, 2.75) is 71.1 Å². The minimum atomic E-state index is 0.467. The highest BCUT2D eigenvalue weighted by Crippen LogP contribution is 2.10. The first-order chi connectivity index (χ1) is 9.81. The molecule has 0 saturated heterocycles. The first kappa shape index (κ1) is 19.5. The molecule has 0 saturated carbocycles. The summed E-state index contributed by atoms with van der Waals surface area (Å²) in [6.07, 6.45) is 13.4. The Kier molecular flexibility index (Phi) is 16.1. The lowest BCUT2D eigenvalue weighted by molar-refractivity contribution is 0.101. The summed E-state index contributed by atoms with van der Waals surface area (Å²) in [7, 11) is 0. The van der Waals surface area contributed by atoms with Gasteiger partial charge in [-0.05, 0) is 6.42 Å². The summed E-state index contributed by atoms with van der Waals surface area (Å²) < 4.78 is 10.7. The number of ether oxygens (including phenoxy) is 2. The van der Waals surface area contributed by atoms with E-state index in [9.17, 15) is 0 Å². The summed E-state index contributed by atoms with van der Waals surface area (Å²) in [5.74, 6) is 0.717. The Labute approximate surface area is 125 Å². The van der Waals surface area contributed by atoms with Gasteiger partial charge in [0.2, 0.25) is 0 Å². The number of rotatable bonds is 16. The molecule has 0 aliphatic rings. The monoisotopic (exact) mass is 285 g/mol. The smallest absolute Gasteiger partial charge is 0.114 e. The lowest BCUT2D eigenvalue weighted by Gasteiger charge is -2.09. The van der Waals surface area contributed by atoms with Gasteiger partial charge in [-0.2, -0.15) is 0 Å². The predicted molar refractivity (Wildman–Crippen MR) is 86.8 cm³/mol. The highest BCUT2D eigenvalue weighted by molar-refractivity contribution is 4.81. The molecule has 0 heterocycles. The van der Waals surface area contributed by atoms with Crippen molar-refractivity contribution in [1.82, 2.24) is 0 Å².